The Morgan fingerprint density at radius 2 is 1.55 bits per heavy atom. The second-order valence-corrected chi connectivity index (χ2v) is 12.1. The number of rotatable bonds is 7. The van der Waals surface area contributed by atoms with Gasteiger partial charge >= 0.3 is 6.09 Å². The molecule has 0 unspecified atom stereocenters. The highest BCUT2D eigenvalue weighted by atomic mass is 32.3. The van der Waals surface area contributed by atoms with Crippen LogP contribution in [0.5, 0.6) is 0 Å². The molecule has 1 amide bonds. The Morgan fingerprint density at radius 1 is 1.00 bits per heavy atom. The second-order valence-electron chi connectivity index (χ2n) is 8.13. The van der Waals surface area contributed by atoms with Gasteiger partial charge in [-0.15, -0.1) is 10.3 Å². The highest BCUT2D eigenvalue weighted by Crippen LogP contribution is 2.53. The Labute approximate surface area is 139 Å². The molecule has 22 heavy (non-hydrogen) atoms. The van der Waals surface area contributed by atoms with Gasteiger partial charge in [-0.2, -0.15) is 0 Å². The van der Waals surface area contributed by atoms with Crippen LogP contribution in [-0.4, -0.2) is 54.1 Å². The van der Waals surface area contributed by atoms with Crippen LogP contribution in [0.15, 0.2) is 0 Å². The molecule has 0 aromatic rings. The van der Waals surface area contributed by atoms with Gasteiger partial charge in [0.05, 0.1) is 6.61 Å². The van der Waals surface area contributed by atoms with Gasteiger partial charge in [-0.1, -0.05) is 20.8 Å². The van der Waals surface area contributed by atoms with Crippen LogP contribution in [0.25, 0.3) is 0 Å². The lowest BCUT2D eigenvalue weighted by atomic mass is 10.2. The molecule has 0 aliphatic rings. The van der Waals surface area contributed by atoms with E-state index in [4.69, 9.17) is 8.92 Å². The first kappa shape index (κ1) is 21.6. The lowest BCUT2D eigenvalue weighted by Gasteiger charge is -2.43. The normalized spacial score (nSPS) is 13.9. The molecule has 0 atom stereocenters. The van der Waals surface area contributed by atoms with Gasteiger partial charge in [0.1, 0.15) is 5.60 Å². The van der Waals surface area contributed by atoms with Crippen molar-refractivity contribution >= 4 is 16.4 Å². The van der Waals surface area contributed by atoms with Gasteiger partial charge in [-0.3, -0.25) is 0 Å². The van der Waals surface area contributed by atoms with Crippen LogP contribution in [-0.2, 0) is 8.92 Å². The zero-order valence-corrected chi connectivity index (χ0v) is 16.9. The van der Waals surface area contributed by atoms with Crippen molar-refractivity contribution in [1.82, 2.24) is 4.90 Å². The molecule has 0 N–H and O–H groups in total. The van der Waals surface area contributed by atoms with E-state index in [0.29, 0.717) is 0 Å². The van der Waals surface area contributed by atoms with E-state index in [2.05, 4.69) is 33.3 Å². The smallest absolute Gasteiger partial charge is 0.410 e. The maximum atomic E-state index is 11.8. The first-order chi connectivity index (χ1) is 9.76. The molecule has 134 valence electrons. The maximum Gasteiger partial charge on any atom is 0.410 e. The van der Waals surface area contributed by atoms with Crippen molar-refractivity contribution in [3.63, 3.8) is 0 Å². The summed E-state index contributed by atoms with van der Waals surface area (Å²) in [6.07, 6.45) is 7.28. The fraction of sp³-hybridized carbons (Fsp3) is 0.941. The number of amides is 1. The largest absolute Gasteiger partial charge is 0.444 e. The molecule has 0 saturated carbocycles. The van der Waals surface area contributed by atoms with Gasteiger partial charge < -0.3 is 13.8 Å². The molecule has 0 saturated heterocycles. The standard InChI is InChI=1S/C17H37NO3S/c1-16(2,3)21-15(19)18(7)13-11-10-12-14-20-22(8,9)17(4,5)6/h10-14H2,1-9H3. The molecule has 0 aliphatic heterocycles. The number of carbonyl (C=O) groups excluding carboxylic acids is 1. The molecule has 4 nitrogen and oxygen atoms in total. The number of hydrogen-bond acceptors (Lipinski definition) is 3. The minimum absolute atomic E-state index is 0.212. The zero-order chi connectivity index (χ0) is 17.6. The summed E-state index contributed by atoms with van der Waals surface area (Å²) >= 11 is 0. The Balaban J connectivity index is 3.85. The van der Waals surface area contributed by atoms with E-state index in [0.717, 1.165) is 32.4 Å². The summed E-state index contributed by atoms with van der Waals surface area (Å²) in [6.45, 7) is 13.9. The van der Waals surface area contributed by atoms with Crippen LogP contribution in [0.4, 0.5) is 4.79 Å². The van der Waals surface area contributed by atoms with Crippen LogP contribution < -0.4 is 0 Å². The zero-order valence-electron chi connectivity index (χ0n) is 16.1. The summed E-state index contributed by atoms with van der Waals surface area (Å²) in [5, 5.41) is 0. The predicted octanol–water partition coefficient (Wildman–Crippen LogP) is 4.82. The Kier molecular flexibility index (Phi) is 8.28. The first-order valence-electron chi connectivity index (χ1n) is 8.08. The third-order valence-corrected chi connectivity index (χ3v) is 7.40. The quantitative estimate of drug-likeness (QED) is 0.626. The minimum Gasteiger partial charge on any atom is -0.444 e. The van der Waals surface area contributed by atoms with Gasteiger partial charge in [0.2, 0.25) is 0 Å². The van der Waals surface area contributed by atoms with E-state index in [1.807, 2.05) is 20.8 Å². The fourth-order valence-electron chi connectivity index (χ4n) is 1.50. The van der Waals surface area contributed by atoms with Gasteiger partial charge in [0, 0.05) is 18.3 Å². The van der Waals surface area contributed by atoms with Crippen molar-refractivity contribution in [3.05, 3.63) is 0 Å². The molecule has 0 aromatic carbocycles. The Bertz CT molecular complexity index is 343. The summed E-state index contributed by atoms with van der Waals surface area (Å²) in [5.74, 6) is 0. The van der Waals surface area contributed by atoms with Crippen LogP contribution in [0.2, 0.25) is 0 Å². The molecule has 0 spiro atoms. The van der Waals surface area contributed by atoms with Crippen molar-refractivity contribution in [3.8, 4) is 0 Å². The second kappa shape index (κ2) is 8.44. The molecule has 0 bridgehead atoms. The SMILES string of the molecule is CN(CCCCCOS(C)(C)C(C)(C)C)C(=O)OC(C)(C)C. The number of ether oxygens (including phenoxy) is 1. The van der Waals surface area contributed by atoms with Gasteiger partial charge in [-0.25, -0.2) is 4.79 Å². The summed E-state index contributed by atoms with van der Waals surface area (Å²) in [7, 11) is 0.770. The number of nitrogens with zero attached hydrogens (tertiary/aromatic N) is 1. The Hall–Kier alpha value is -0.420. The van der Waals surface area contributed by atoms with E-state index < -0.39 is 15.9 Å². The molecule has 5 heteroatoms. The number of carbonyl (C=O) groups is 1. The summed E-state index contributed by atoms with van der Waals surface area (Å²) in [4.78, 5) is 13.5. The molecule has 0 fully saturated rings. The van der Waals surface area contributed by atoms with Crippen molar-refractivity contribution in [2.45, 2.75) is 71.2 Å². The van der Waals surface area contributed by atoms with Gasteiger partial charge in [-0.05, 0) is 52.5 Å². The molecular weight excluding hydrogens is 298 g/mol. The van der Waals surface area contributed by atoms with E-state index in [-0.39, 0.29) is 10.8 Å². The molecule has 0 heterocycles. The monoisotopic (exact) mass is 335 g/mol. The first-order valence-corrected chi connectivity index (χ1v) is 10.4. The topological polar surface area (TPSA) is 38.8 Å². The van der Waals surface area contributed by atoms with Crippen molar-refractivity contribution in [2.75, 3.05) is 32.7 Å². The third-order valence-electron chi connectivity index (χ3n) is 3.70. The maximum absolute atomic E-state index is 11.8. The fourth-order valence-corrected chi connectivity index (χ4v) is 2.39. The molecular formula is C17H37NO3S. The molecule has 0 rings (SSSR count). The van der Waals surface area contributed by atoms with Crippen LogP contribution in [0.3, 0.4) is 0 Å². The van der Waals surface area contributed by atoms with Crippen molar-refractivity contribution in [1.29, 1.82) is 0 Å². The number of hydrogen-bond donors (Lipinski definition) is 0. The van der Waals surface area contributed by atoms with Gasteiger partial charge in [0.15, 0.2) is 0 Å². The van der Waals surface area contributed by atoms with E-state index >= 15 is 0 Å². The predicted molar refractivity (Wildman–Crippen MR) is 97.9 cm³/mol. The summed E-state index contributed by atoms with van der Waals surface area (Å²) < 4.78 is 11.6. The lowest BCUT2D eigenvalue weighted by Crippen LogP contribution is -2.34. The molecule has 0 aliphatic carbocycles. The summed E-state index contributed by atoms with van der Waals surface area (Å²) in [5.41, 5.74) is -0.430. The van der Waals surface area contributed by atoms with E-state index in [1.165, 1.54) is 0 Å². The van der Waals surface area contributed by atoms with E-state index in [1.54, 1.807) is 11.9 Å². The van der Waals surface area contributed by atoms with Crippen LogP contribution in [0.1, 0.15) is 60.8 Å². The molecule has 0 aromatic heterocycles. The van der Waals surface area contributed by atoms with Crippen LogP contribution in [0, 0.1) is 0 Å². The average Bonchev–Trinajstić information content (AvgIpc) is 2.29. The van der Waals surface area contributed by atoms with Crippen LogP contribution >= 0.6 is 10.3 Å². The van der Waals surface area contributed by atoms with Crippen molar-refractivity contribution < 1.29 is 13.7 Å². The Morgan fingerprint density at radius 3 is 2.00 bits per heavy atom. The van der Waals surface area contributed by atoms with Crippen molar-refractivity contribution in [2.24, 2.45) is 0 Å². The highest BCUT2D eigenvalue weighted by molar-refractivity contribution is 8.29. The lowest BCUT2D eigenvalue weighted by molar-refractivity contribution is 0.0296. The third kappa shape index (κ3) is 8.89. The average molecular weight is 336 g/mol. The summed E-state index contributed by atoms with van der Waals surface area (Å²) in [6, 6.07) is 0. The number of unbranched alkanes of at least 4 members (excludes halogenated alkanes) is 2. The van der Waals surface area contributed by atoms with E-state index in [9.17, 15) is 4.79 Å². The molecule has 0 radical (unpaired) electrons. The highest BCUT2D eigenvalue weighted by Gasteiger charge is 2.28. The minimum atomic E-state index is -1.02. The van der Waals surface area contributed by atoms with Gasteiger partial charge in [0.25, 0.3) is 0 Å².